The number of aryl methyl sites for hydroxylation is 3. The molecule has 0 saturated heterocycles. The zero-order valence-electron chi connectivity index (χ0n) is 14.4. The highest BCUT2D eigenvalue weighted by Gasteiger charge is 2.14. The van der Waals surface area contributed by atoms with Gasteiger partial charge in [0.2, 0.25) is 0 Å². The van der Waals surface area contributed by atoms with Gasteiger partial charge in [0.25, 0.3) is 0 Å². The minimum atomic E-state index is 0.437. The van der Waals surface area contributed by atoms with Gasteiger partial charge >= 0.3 is 0 Å². The van der Waals surface area contributed by atoms with Gasteiger partial charge in [-0.2, -0.15) is 0 Å². The quantitative estimate of drug-likeness (QED) is 0.726. The molecule has 0 saturated carbocycles. The van der Waals surface area contributed by atoms with E-state index < -0.39 is 0 Å². The van der Waals surface area contributed by atoms with E-state index in [1.165, 1.54) is 53.6 Å². The van der Waals surface area contributed by atoms with E-state index in [2.05, 4.69) is 39.0 Å². The Bertz CT molecular complexity index is 856. The van der Waals surface area contributed by atoms with E-state index in [1.807, 2.05) is 13.8 Å². The highest BCUT2D eigenvalue weighted by molar-refractivity contribution is 7.99. The summed E-state index contributed by atoms with van der Waals surface area (Å²) in [7, 11) is 0. The number of aromatic amines is 1. The first-order chi connectivity index (χ1) is 11.7. The van der Waals surface area contributed by atoms with Crippen LogP contribution in [0.5, 0.6) is 0 Å². The molecule has 0 bridgehead atoms. The molecule has 0 radical (unpaired) electrons. The van der Waals surface area contributed by atoms with Crippen molar-refractivity contribution in [3.05, 3.63) is 35.2 Å². The summed E-state index contributed by atoms with van der Waals surface area (Å²) in [6.45, 7) is 6.16. The maximum atomic E-state index is 5.85. The van der Waals surface area contributed by atoms with Crippen molar-refractivity contribution in [3.63, 3.8) is 0 Å². The zero-order valence-corrected chi connectivity index (χ0v) is 15.2. The Balaban J connectivity index is 0.000000815. The van der Waals surface area contributed by atoms with E-state index in [0.29, 0.717) is 17.0 Å². The van der Waals surface area contributed by atoms with Crippen molar-refractivity contribution in [2.45, 2.75) is 56.5 Å². The molecule has 3 aromatic rings. The Hall–Kier alpha value is -2.08. The van der Waals surface area contributed by atoms with Crippen LogP contribution in [0, 0.1) is 6.92 Å². The summed E-state index contributed by atoms with van der Waals surface area (Å²) in [5.74, 6) is 0.437. The first-order valence-electron chi connectivity index (χ1n) is 8.47. The molecule has 1 aliphatic rings. The molecule has 1 aromatic carbocycles. The molecule has 4 rings (SSSR count). The highest BCUT2D eigenvalue weighted by Crippen LogP contribution is 2.34. The largest absolute Gasteiger partial charge is 0.382 e. The number of imidazole rings is 1. The molecule has 5 nitrogen and oxygen atoms in total. The van der Waals surface area contributed by atoms with Crippen LogP contribution in [0.1, 0.15) is 43.4 Å². The maximum absolute atomic E-state index is 5.85. The van der Waals surface area contributed by atoms with Crippen molar-refractivity contribution >= 4 is 28.7 Å². The molecule has 3 N–H and O–H groups in total. The van der Waals surface area contributed by atoms with Crippen LogP contribution < -0.4 is 5.73 Å². The van der Waals surface area contributed by atoms with Crippen molar-refractivity contribution < 1.29 is 0 Å². The summed E-state index contributed by atoms with van der Waals surface area (Å²) in [4.78, 5) is 17.1. The lowest BCUT2D eigenvalue weighted by Crippen LogP contribution is -2.03. The Morgan fingerprint density at radius 3 is 2.50 bits per heavy atom. The summed E-state index contributed by atoms with van der Waals surface area (Å²) < 4.78 is 0. The van der Waals surface area contributed by atoms with Crippen molar-refractivity contribution in [1.29, 1.82) is 0 Å². The predicted octanol–water partition coefficient (Wildman–Crippen LogP) is 4.30. The van der Waals surface area contributed by atoms with Crippen LogP contribution in [0.3, 0.4) is 0 Å². The second-order valence-corrected chi connectivity index (χ2v) is 6.73. The van der Waals surface area contributed by atoms with Crippen LogP contribution in [0.4, 0.5) is 5.82 Å². The molecule has 0 spiro atoms. The molecular formula is C18H23N5S. The van der Waals surface area contributed by atoms with Gasteiger partial charge in [-0.3, -0.25) is 0 Å². The van der Waals surface area contributed by atoms with E-state index >= 15 is 0 Å². The normalized spacial score (nSPS) is 13.3. The lowest BCUT2D eigenvalue weighted by atomic mass is 9.90. The molecule has 126 valence electrons. The number of rotatable bonds is 2. The van der Waals surface area contributed by atoms with Crippen molar-refractivity contribution in [2.24, 2.45) is 0 Å². The Morgan fingerprint density at radius 1 is 1.08 bits per heavy atom. The number of aromatic nitrogens is 4. The van der Waals surface area contributed by atoms with Crippen LogP contribution >= 0.6 is 11.8 Å². The molecule has 0 unspecified atom stereocenters. The molecule has 0 amide bonds. The van der Waals surface area contributed by atoms with E-state index in [0.717, 1.165) is 5.16 Å². The molecule has 0 aliphatic heterocycles. The van der Waals surface area contributed by atoms with Crippen molar-refractivity contribution in [1.82, 2.24) is 19.9 Å². The molecule has 24 heavy (non-hydrogen) atoms. The summed E-state index contributed by atoms with van der Waals surface area (Å²) >= 11 is 1.63. The molecule has 6 heteroatoms. The second kappa shape index (κ2) is 7.21. The number of H-pyrrole nitrogens is 1. The van der Waals surface area contributed by atoms with Crippen LogP contribution in [0.2, 0.25) is 0 Å². The van der Waals surface area contributed by atoms with Gasteiger partial charge in [-0.25, -0.2) is 15.0 Å². The van der Waals surface area contributed by atoms with Crippen molar-refractivity contribution in [2.75, 3.05) is 5.73 Å². The number of nitrogen functional groups attached to an aromatic ring is 1. The topological polar surface area (TPSA) is 80.5 Å². The molecule has 0 fully saturated rings. The van der Waals surface area contributed by atoms with Crippen LogP contribution in [-0.2, 0) is 12.8 Å². The standard InChI is InChI=1S/C16H17N5S.C2H6/c1-9-6-10-4-2-3-5-11(10)7-12(9)22-16-20-13-14(17)18-8-19-15(13)21-16;1-2/h6-8H,2-5H2,1H3,(H3,17,18,19,20,21);1-2H3. The van der Waals surface area contributed by atoms with E-state index in [9.17, 15) is 0 Å². The van der Waals surface area contributed by atoms with E-state index in [1.54, 1.807) is 11.8 Å². The Morgan fingerprint density at radius 2 is 1.79 bits per heavy atom. The first kappa shape index (κ1) is 16.8. The third-order valence-electron chi connectivity index (χ3n) is 4.14. The number of hydrogen-bond acceptors (Lipinski definition) is 5. The number of benzene rings is 1. The maximum Gasteiger partial charge on any atom is 0.183 e. The highest BCUT2D eigenvalue weighted by atomic mass is 32.2. The smallest absolute Gasteiger partial charge is 0.183 e. The second-order valence-electron chi connectivity index (χ2n) is 5.70. The van der Waals surface area contributed by atoms with Gasteiger partial charge in [-0.15, -0.1) is 0 Å². The number of hydrogen-bond donors (Lipinski definition) is 2. The van der Waals surface area contributed by atoms with E-state index in [4.69, 9.17) is 5.73 Å². The molecule has 0 atom stereocenters. The number of fused-ring (bicyclic) bond motifs is 2. The minimum Gasteiger partial charge on any atom is -0.382 e. The zero-order chi connectivity index (χ0) is 17.1. The minimum absolute atomic E-state index is 0.437. The van der Waals surface area contributed by atoms with Gasteiger partial charge in [0.15, 0.2) is 16.6 Å². The molecule has 2 aromatic heterocycles. The monoisotopic (exact) mass is 341 g/mol. The number of nitrogens with one attached hydrogen (secondary N) is 1. The van der Waals surface area contributed by atoms with Gasteiger partial charge in [0.1, 0.15) is 11.8 Å². The number of nitrogens with two attached hydrogens (primary N) is 1. The summed E-state index contributed by atoms with van der Waals surface area (Å²) in [6.07, 6.45) is 6.42. The first-order valence-corrected chi connectivity index (χ1v) is 9.29. The molecule has 2 heterocycles. The fourth-order valence-electron chi connectivity index (χ4n) is 2.97. The van der Waals surface area contributed by atoms with Gasteiger partial charge in [0, 0.05) is 4.90 Å². The number of nitrogens with zero attached hydrogens (tertiary/aromatic N) is 3. The third kappa shape index (κ3) is 3.24. The fourth-order valence-corrected chi connectivity index (χ4v) is 3.89. The van der Waals surface area contributed by atoms with Crippen LogP contribution in [0.25, 0.3) is 11.2 Å². The lowest BCUT2D eigenvalue weighted by Gasteiger charge is -2.18. The fraction of sp³-hybridized carbons (Fsp3) is 0.389. The van der Waals surface area contributed by atoms with Crippen LogP contribution in [-0.4, -0.2) is 19.9 Å². The lowest BCUT2D eigenvalue weighted by molar-refractivity contribution is 0.682. The predicted molar refractivity (Wildman–Crippen MR) is 99.4 cm³/mol. The Labute approximate surface area is 146 Å². The van der Waals surface area contributed by atoms with Gasteiger partial charge in [-0.1, -0.05) is 31.7 Å². The van der Waals surface area contributed by atoms with Crippen LogP contribution in [0.15, 0.2) is 28.5 Å². The molecule has 1 aliphatic carbocycles. The summed E-state index contributed by atoms with van der Waals surface area (Å²) in [6, 6.07) is 4.64. The van der Waals surface area contributed by atoms with Gasteiger partial charge in [-0.05, 0) is 55.4 Å². The molecular weight excluding hydrogens is 318 g/mol. The van der Waals surface area contributed by atoms with Gasteiger partial charge < -0.3 is 10.7 Å². The van der Waals surface area contributed by atoms with E-state index in [-0.39, 0.29) is 0 Å². The number of anilines is 1. The average molecular weight is 341 g/mol. The summed E-state index contributed by atoms with van der Waals surface area (Å²) in [5.41, 5.74) is 11.5. The SMILES string of the molecule is CC.Cc1cc2c(cc1Sc1nc3ncnc(N)c3[nH]1)CCCC2. The third-order valence-corrected chi connectivity index (χ3v) is 5.19. The van der Waals surface area contributed by atoms with Crippen molar-refractivity contribution in [3.8, 4) is 0 Å². The van der Waals surface area contributed by atoms with Gasteiger partial charge in [0.05, 0.1) is 0 Å². The Kier molecular flexibility index (Phi) is 5.04. The average Bonchev–Trinajstić information content (AvgIpc) is 3.01. The summed E-state index contributed by atoms with van der Waals surface area (Å²) in [5, 5.41) is 0.807.